The zero-order valence-electron chi connectivity index (χ0n) is 19.9. The van der Waals surface area contributed by atoms with Gasteiger partial charge in [-0.3, -0.25) is 0 Å². The van der Waals surface area contributed by atoms with Gasteiger partial charge in [0.05, 0.1) is 11.5 Å². The molecule has 0 amide bonds. The highest BCUT2D eigenvalue weighted by atomic mass is 32.1. The summed E-state index contributed by atoms with van der Waals surface area (Å²) in [6.45, 7) is 3.70. The maximum absolute atomic E-state index is 14.5. The van der Waals surface area contributed by atoms with Gasteiger partial charge in [-0.15, -0.1) is 11.3 Å². The highest BCUT2D eigenvalue weighted by Crippen LogP contribution is 2.42. The summed E-state index contributed by atoms with van der Waals surface area (Å²) in [6.07, 6.45) is 4.48. The molecule has 5 heterocycles. The van der Waals surface area contributed by atoms with E-state index < -0.39 is 11.6 Å². The number of aromatic nitrogens is 4. The number of rotatable bonds is 5. The molecule has 36 heavy (non-hydrogen) atoms. The fourth-order valence-corrected chi connectivity index (χ4v) is 5.91. The number of benzene rings is 1. The van der Waals surface area contributed by atoms with E-state index in [9.17, 15) is 8.78 Å². The molecule has 6 rings (SSSR count). The third-order valence-electron chi connectivity index (χ3n) is 6.83. The molecule has 7 nitrogen and oxygen atoms in total. The monoisotopic (exact) mass is 508 g/mol. The van der Waals surface area contributed by atoms with E-state index in [0.29, 0.717) is 18.3 Å². The lowest BCUT2D eigenvalue weighted by atomic mass is 9.97. The van der Waals surface area contributed by atoms with Crippen LogP contribution < -0.4 is 10.1 Å². The van der Waals surface area contributed by atoms with Crippen LogP contribution in [0.3, 0.4) is 0 Å². The van der Waals surface area contributed by atoms with Crippen molar-refractivity contribution < 1.29 is 13.5 Å². The number of pyridine rings is 1. The minimum atomic E-state index is -0.694. The average Bonchev–Trinajstić information content (AvgIpc) is 3.48. The Hall–Kier alpha value is -3.37. The minimum Gasteiger partial charge on any atom is -0.491 e. The van der Waals surface area contributed by atoms with Gasteiger partial charge in [-0.2, -0.15) is 5.10 Å². The van der Waals surface area contributed by atoms with Gasteiger partial charge >= 0.3 is 0 Å². The van der Waals surface area contributed by atoms with E-state index >= 15 is 0 Å². The maximum Gasteiger partial charge on any atom is 0.173 e. The van der Waals surface area contributed by atoms with Gasteiger partial charge in [-0.25, -0.2) is 23.4 Å². The molecule has 186 valence electrons. The van der Waals surface area contributed by atoms with Crippen molar-refractivity contribution >= 4 is 17.2 Å². The predicted octanol–water partition coefficient (Wildman–Crippen LogP) is 5.02. The standard InChI is InChI=1S/C26H26F2N6OS/c1-33-9-6-16(7-10-33)14-29-24-5-4-21-25(32-24)18-13-23(36-22(18)8-11-35-21)26-30-15-31-34(26)20-3-2-17(27)12-19(20)28/h2-5,12-13,15-16H,6-11,14H2,1H3,(H,29,32). The normalized spacial score (nSPS) is 16.2. The topological polar surface area (TPSA) is 68.1 Å². The third kappa shape index (κ3) is 4.46. The lowest BCUT2D eigenvalue weighted by Gasteiger charge is -2.29. The first kappa shape index (κ1) is 23.1. The molecule has 0 unspecified atom stereocenters. The number of likely N-dealkylation sites (tertiary alicyclic amines) is 1. The SMILES string of the molecule is CN1CCC(CNc2ccc3c(n2)-c2cc(-c4ncnn4-c4ccc(F)cc4F)sc2CCO3)CC1. The summed E-state index contributed by atoms with van der Waals surface area (Å²) in [5.74, 6) is 1.38. The van der Waals surface area contributed by atoms with Crippen LogP contribution in [0.4, 0.5) is 14.6 Å². The molecular formula is C26H26F2N6OS. The molecule has 10 heteroatoms. The molecule has 0 radical (unpaired) electrons. The fourth-order valence-electron chi connectivity index (χ4n) is 4.79. The number of hydrogen-bond acceptors (Lipinski definition) is 7. The highest BCUT2D eigenvalue weighted by Gasteiger charge is 2.24. The highest BCUT2D eigenvalue weighted by molar-refractivity contribution is 7.16. The Labute approximate surface area is 211 Å². The van der Waals surface area contributed by atoms with Crippen molar-refractivity contribution in [3.63, 3.8) is 0 Å². The Morgan fingerprint density at radius 1 is 1.14 bits per heavy atom. The van der Waals surface area contributed by atoms with Crippen molar-refractivity contribution in [2.45, 2.75) is 19.3 Å². The number of thiophene rings is 1. The number of ether oxygens (including phenoxy) is 1. The second kappa shape index (κ2) is 9.59. The van der Waals surface area contributed by atoms with Crippen LogP contribution in [-0.2, 0) is 6.42 Å². The number of nitrogens with zero attached hydrogens (tertiary/aromatic N) is 5. The summed E-state index contributed by atoms with van der Waals surface area (Å²) in [4.78, 5) is 13.6. The summed E-state index contributed by atoms with van der Waals surface area (Å²) in [5.41, 5.74) is 1.92. The van der Waals surface area contributed by atoms with Gasteiger partial charge in [0.25, 0.3) is 0 Å². The second-order valence-corrected chi connectivity index (χ2v) is 10.4. The molecule has 1 aromatic carbocycles. The first-order chi connectivity index (χ1) is 17.5. The van der Waals surface area contributed by atoms with E-state index in [1.165, 1.54) is 36.0 Å². The van der Waals surface area contributed by atoms with Gasteiger partial charge in [0.15, 0.2) is 11.6 Å². The number of fused-ring (bicyclic) bond motifs is 3. The van der Waals surface area contributed by atoms with Crippen molar-refractivity contribution in [3.05, 3.63) is 59.2 Å². The van der Waals surface area contributed by atoms with Gasteiger partial charge in [-0.05, 0) is 69.2 Å². The predicted molar refractivity (Wildman–Crippen MR) is 136 cm³/mol. The molecule has 0 aliphatic carbocycles. The largest absolute Gasteiger partial charge is 0.491 e. The smallest absolute Gasteiger partial charge is 0.173 e. The second-order valence-electron chi connectivity index (χ2n) is 9.31. The lowest BCUT2D eigenvalue weighted by Crippen LogP contribution is -2.33. The van der Waals surface area contributed by atoms with E-state index in [0.717, 1.165) is 64.7 Å². The summed E-state index contributed by atoms with van der Waals surface area (Å²) in [7, 11) is 2.17. The minimum absolute atomic E-state index is 0.148. The summed E-state index contributed by atoms with van der Waals surface area (Å²) >= 11 is 1.57. The number of nitrogens with one attached hydrogen (secondary N) is 1. The molecule has 2 aliphatic heterocycles. The zero-order valence-corrected chi connectivity index (χ0v) is 20.7. The summed E-state index contributed by atoms with van der Waals surface area (Å²) in [5, 5.41) is 7.73. The fraction of sp³-hybridized carbons (Fsp3) is 0.346. The van der Waals surface area contributed by atoms with E-state index in [4.69, 9.17) is 9.72 Å². The lowest BCUT2D eigenvalue weighted by molar-refractivity contribution is 0.226. The number of piperidine rings is 1. The van der Waals surface area contributed by atoms with Gasteiger partial charge in [0.1, 0.15) is 35.1 Å². The van der Waals surface area contributed by atoms with Crippen LogP contribution in [0.1, 0.15) is 17.7 Å². The van der Waals surface area contributed by atoms with Crippen LogP contribution in [0.2, 0.25) is 0 Å². The molecule has 0 saturated carbocycles. The molecule has 3 aromatic heterocycles. The van der Waals surface area contributed by atoms with Crippen LogP contribution in [0, 0.1) is 17.6 Å². The Balaban J connectivity index is 1.31. The van der Waals surface area contributed by atoms with Crippen molar-refractivity contribution in [2.24, 2.45) is 5.92 Å². The number of anilines is 1. The van der Waals surface area contributed by atoms with E-state index in [2.05, 4.69) is 27.3 Å². The van der Waals surface area contributed by atoms with Gasteiger partial charge in [0.2, 0.25) is 0 Å². The molecular weight excluding hydrogens is 482 g/mol. The number of hydrogen-bond donors (Lipinski definition) is 1. The number of halogens is 2. The zero-order chi connectivity index (χ0) is 24.6. The average molecular weight is 509 g/mol. The quantitative estimate of drug-likeness (QED) is 0.408. The first-order valence-electron chi connectivity index (χ1n) is 12.1. The van der Waals surface area contributed by atoms with Crippen molar-refractivity contribution in [3.8, 4) is 33.4 Å². The van der Waals surface area contributed by atoms with Crippen molar-refractivity contribution in [1.82, 2.24) is 24.6 Å². The Bertz CT molecular complexity index is 1400. The van der Waals surface area contributed by atoms with E-state index in [1.807, 2.05) is 18.2 Å². The van der Waals surface area contributed by atoms with Crippen LogP contribution in [0.25, 0.3) is 27.6 Å². The Morgan fingerprint density at radius 2 is 2.00 bits per heavy atom. The molecule has 1 saturated heterocycles. The maximum atomic E-state index is 14.5. The van der Waals surface area contributed by atoms with E-state index in [1.54, 1.807) is 11.3 Å². The van der Waals surface area contributed by atoms with E-state index in [-0.39, 0.29) is 5.69 Å². The molecule has 1 N–H and O–H groups in total. The van der Waals surface area contributed by atoms with Crippen LogP contribution >= 0.6 is 11.3 Å². The van der Waals surface area contributed by atoms with Gasteiger partial charge in [0, 0.05) is 29.5 Å². The Kier molecular flexibility index (Phi) is 6.14. The van der Waals surface area contributed by atoms with Crippen molar-refractivity contribution in [2.75, 3.05) is 38.6 Å². The summed E-state index contributed by atoms with van der Waals surface area (Å²) in [6, 6.07) is 9.40. The van der Waals surface area contributed by atoms with Crippen LogP contribution in [0.5, 0.6) is 5.75 Å². The van der Waals surface area contributed by atoms with Crippen LogP contribution in [0.15, 0.2) is 42.7 Å². The molecule has 0 bridgehead atoms. The first-order valence-corrected chi connectivity index (χ1v) is 12.9. The molecule has 4 aromatic rings. The molecule has 0 spiro atoms. The summed E-state index contributed by atoms with van der Waals surface area (Å²) < 4.78 is 35.3. The van der Waals surface area contributed by atoms with Crippen molar-refractivity contribution in [1.29, 1.82) is 0 Å². The van der Waals surface area contributed by atoms with Gasteiger partial charge in [-0.1, -0.05) is 0 Å². The molecule has 0 atom stereocenters. The third-order valence-corrected chi connectivity index (χ3v) is 8.02. The molecule has 1 fully saturated rings. The van der Waals surface area contributed by atoms with Crippen LogP contribution in [-0.4, -0.2) is 57.9 Å². The molecule has 2 aliphatic rings. The Morgan fingerprint density at radius 3 is 2.83 bits per heavy atom. The van der Waals surface area contributed by atoms with Gasteiger partial charge < -0.3 is 15.0 Å².